The molecule has 0 spiro atoms. The molecule has 0 radical (unpaired) electrons. The van der Waals surface area contributed by atoms with Crippen LogP contribution in [0.1, 0.15) is 22.8 Å². The summed E-state index contributed by atoms with van der Waals surface area (Å²) in [7, 11) is 1.66. The highest BCUT2D eigenvalue weighted by Crippen LogP contribution is 2.46. The maximum absolute atomic E-state index is 12.2. The highest BCUT2D eigenvalue weighted by Gasteiger charge is 2.30. The van der Waals surface area contributed by atoms with Crippen LogP contribution in [-0.2, 0) is 4.79 Å². The number of thiophene rings is 2. The average Bonchev–Trinajstić information content (AvgIpc) is 3.24. The molecule has 3 aromatic rings. The number of carbonyl (C=O) groups excluding carboxylic acids is 1. The molecule has 4 rings (SSSR count). The topological polar surface area (TPSA) is 38.3 Å². The van der Waals surface area contributed by atoms with Gasteiger partial charge in [-0.3, -0.25) is 4.79 Å². The molecule has 0 saturated carbocycles. The Balaban J connectivity index is 1.78. The zero-order valence-corrected chi connectivity index (χ0v) is 14.2. The molecule has 0 unspecified atom stereocenters. The van der Waals surface area contributed by atoms with Gasteiger partial charge >= 0.3 is 0 Å². The van der Waals surface area contributed by atoms with Crippen LogP contribution < -0.4 is 10.1 Å². The number of benzene rings is 1. The van der Waals surface area contributed by atoms with Crippen molar-refractivity contribution < 1.29 is 9.53 Å². The molecule has 0 saturated heterocycles. The van der Waals surface area contributed by atoms with Gasteiger partial charge in [-0.25, -0.2) is 0 Å². The van der Waals surface area contributed by atoms with Crippen molar-refractivity contribution in [2.75, 3.05) is 12.4 Å². The quantitative estimate of drug-likeness (QED) is 0.731. The standard InChI is InChI=1S/C18H15NO2S2/c1-21-13-4-2-11(3-5-13)15-10-23-18-14(12-6-7-22-9-12)8-16(20)19-17(15)18/h2-7,9-10,14H,8H2,1H3,(H,19,20)/t14-/m0/s1. The van der Waals surface area contributed by atoms with Crippen molar-refractivity contribution in [3.8, 4) is 16.9 Å². The Morgan fingerprint density at radius 2 is 2.00 bits per heavy atom. The second-order valence-electron chi connectivity index (χ2n) is 5.48. The van der Waals surface area contributed by atoms with E-state index in [-0.39, 0.29) is 11.8 Å². The van der Waals surface area contributed by atoms with E-state index in [2.05, 4.69) is 27.5 Å². The van der Waals surface area contributed by atoms with Gasteiger partial charge in [0.25, 0.3) is 0 Å². The molecule has 0 bridgehead atoms. The molecule has 1 aliphatic rings. The number of rotatable bonds is 3. The van der Waals surface area contributed by atoms with Crippen molar-refractivity contribution in [3.63, 3.8) is 0 Å². The molecular formula is C18H15NO2S2. The normalized spacial score (nSPS) is 16.7. The van der Waals surface area contributed by atoms with Gasteiger partial charge in [-0.1, -0.05) is 12.1 Å². The third-order valence-electron chi connectivity index (χ3n) is 4.14. The summed E-state index contributed by atoms with van der Waals surface area (Å²) in [5.74, 6) is 1.09. The Labute approximate surface area is 142 Å². The molecule has 1 N–H and O–H groups in total. The molecule has 0 aliphatic carbocycles. The predicted molar refractivity (Wildman–Crippen MR) is 95.7 cm³/mol. The number of amides is 1. The van der Waals surface area contributed by atoms with Gasteiger partial charge < -0.3 is 10.1 Å². The van der Waals surface area contributed by atoms with Gasteiger partial charge in [0.15, 0.2) is 0 Å². The van der Waals surface area contributed by atoms with E-state index in [1.807, 2.05) is 24.3 Å². The summed E-state index contributed by atoms with van der Waals surface area (Å²) >= 11 is 3.40. The summed E-state index contributed by atoms with van der Waals surface area (Å²) in [6, 6.07) is 10.1. The molecule has 23 heavy (non-hydrogen) atoms. The predicted octanol–water partition coefficient (Wildman–Crippen LogP) is 4.96. The van der Waals surface area contributed by atoms with Gasteiger partial charge in [-0.05, 0) is 40.1 Å². The first-order chi connectivity index (χ1) is 11.3. The fourth-order valence-corrected chi connectivity index (χ4v) is 4.83. The summed E-state index contributed by atoms with van der Waals surface area (Å²) in [5, 5.41) is 9.42. The fraction of sp³-hybridized carbons (Fsp3) is 0.167. The van der Waals surface area contributed by atoms with E-state index in [4.69, 9.17) is 4.74 Å². The van der Waals surface area contributed by atoms with Crippen molar-refractivity contribution >= 4 is 34.3 Å². The summed E-state index contributed by atoms with van der Waals surface area (Å²) in [6.45, 7) is 0. The molecule has 3 heterocycles. The number of nitrogens with one attached hydrogen (secondary N) is 1. The highest BCUT2D eigenvalue weighted by atomic mass is 32.1. The SMILES string of the molecule is COc1ccc(-c2csc3c2NC(=O)C[C@H]3c2ccsc2)cc1. The maximum atomic E-state index is 12.2. The molecule has 0 fully saturated rings. The minimum Gasteiger partial charge on any atom is -0.497 e. The number of hydrogen-bond donors (Lipinski definition) is 1. The lowest BCUT2D eigenvalue weighted by molar-refractivity contribution is -0.116. The highest BCUT2D eigenvalue weighted by molar-refractivity contribution is 7.11. The Bertz CT molecular complexity index is 835. The van der Waals surface area contributed by atoms with Crippen molar-refractivity contribution in [2.24, 2.45) is 0 Å². The van der Waals surface area contributed by atoms with Crippen LogP contribution in [0.25, 0.3) is 11.1 Å². The van der Waals surface area contributed by atoms with E-state index in [1.54, 1.807) is 29.8 Å². The summed E-state index contributed by atoms with van der Waals surface area (Å²) in [4.78, 5) is 13.4. The lowest BCUT2D eigenvalue weighted by atomic mass is 9.91. The van der Waals surface area contributed by atoms with Gasteiger partial charge in [-0.15, -0.1) is 11.3 Å². The second kappa shape index (κ2) is 5.83. The molecule has 1 amide bonds. The molecule has 5 heteroatoms. The first-order valence-electron chi connectivity index (χ1n) is 7.34. The van der Waals surface area contributed by atoms with E-state index < -0.39 is 0 Å². The Kier molecular flexibility index (Phi) is 3.67. The zero-order valence-electron chi connectivity index (χ0n) is 12.5. The zero-order chi connectivity index (χ0) is 15.8. The monoisotopic (exact) mass is 341 g/mol. The average molecular weight is 341 g/mol. The van der Waals surface area contributed by atoms with Crippen LogP contribution in [0.15, 0.2) is 46.5 Å². The van der Waals surface area contributed by atoms with Gasteiger partial charge in [0, 0.05) is 28.2 Å². The van der Waals surface area contributed by atoms with Gasteiger partial charge in [0.2, 0.25) is 5.91 Å². The number of ether oxygens (including phenoxy) is 1. The van der Waals surface area contributed by atoms with E-state index >= 15 is 0 Å². The summed E-state index contributed by atoms with van der Waals surface area (Å²) in [6.07, 6.45) is 0.520. The van der Waals surface area contributed by atoms with Gasteiger partial charge in [-0.2, -0.15) is 11.3 Å². The van der Waals surface area contributed by atoms with Crippen LogP contribution in [0, 0.1) is 0 Å². The number of fused-ring (bicyclic) bond motifs is 1. The van der Waals surface area contributed by atoms with E-state index in [1.165, 1.54) is 10.4 Å². The molecule has 1 atom stereocenters. The summed E-state index contributed by atoms with van der Waals surface area (Å²) < 4.78 is 5.22. The third-order valence-corrected chi connectivity index (χ3v) is 5.93. The number of hydrogen-bond acceptors (Lipinski definition) is 4. The van der Waals surface area contributed by atoms with Crippen LogP contribution in [0.4, 0.5) is 5.69 Å². The van der Waals surface area contributed by atoms with E-state index in [9.17, 15) is 4.79 Å². The lowest BCUT2D eigenvalue weighted by Gasteiger charge is -2.23. The van der Waals surface area contributed by atoms with E-state index in [0.29, 0.717) is 6.42 Å². The largest absolute Gasteiger partial charge is 0.497 e. The summed E-state index contributed by atoms with van der Waals surface area (Å²) in [5.41, 5.74) is 4.37. The van der Waals surface area contributed by atoms with Crippen LogP contribution in [-0.4, -0.2) is 13.0 Å². The number of anilines is 1. The minimum atomic E-state index is 0.0851. The maximum Gasteiger partial charge on any atom is 0.225 e. The van der Waals surface area contributed by atoms with Crippen LogP contribution in [0.2, 0.25) is 0 Å². The first kappa shape index (κ1) is 14.5. The number of methoxy groups -OCH3 is 1. The minimum absolute atomic E-state index is 0.0851. The van der Waals surface area contributed by atoms with Gasteiger partial charge in [0.05, 0.1) is 12.8 Å². The van der Waals surface area contributed by atoms with Crippen molar-refractivity contribution in [2.45, 2.75) is 12.3 Å². The smallest absolute Gasteiger partial charge is 0.225 e. The van der Waals surface area contributed by atoms with Crippen LogP contribution in [0.5, 0.6) is 5.75 Å². The Morgan fingerprint density at radius 3 is 2.70 bits per heavy atom. The molecular weight excluding hydrogens is 326 g/mol. The first-order valence-corrected chi connectivity index (χ1v) is 9.16. The molecule has 1 aromatic carbocycles. The van der Waals surface area contributed by atoms with Crippen LogP contribution in [0.3, 0.4) is 0 Å². The molecule has 1 aliphatic heterocycles. The van der Waals surface area contributed by atoms with Crippen LogP contribution >= 0.6 is 22.7 Å². The van der Waals surface area contributed by atoms with Gasteiger partial charge in [0.1, 0.15) is 5.75 Å². The lowest BCUT2D eigenvalue weighted by Crippen LogP contribution is -2.22. The fourth-order valence-electron chi connectivity index (χ4n) is 2.95. The molecule has 116 valence electrons. The number of carbonyl (C=O) groups is 1. The second-order valence-corrected chi connectivity index (χ2v) is 7.17. The molecule has 2 aromatic heterocycles. The van der Waals surface area contributed by atoms with Crippen molar-refractivity contribution in [1.29, 1.82) is 0 Å². The Hall–Kier alpha value is -2.11. The Morgan fingerprint density at radius 1 is 1.17 bits per heavy atom. The van der Waals surface area contributed by atoms with E-state index in [0.717, 1.165) is 22.6 Å². The van der Waals surface area contributed by atoms with Crippen molar-refractivity contribution in [1.82, 2.24) is 0 Å². The molecule has 3 nitrogen and oxygen atoms in total. The third kappa shape index (κ3) is 2.56. The van der Waals surface area contributed by atoms with Crippen molar-refractivity contribution in [3.05, 3.63) is 56.9 Å².